The Morgan fingerprint density at radius 1 is 0.780 bits per heavy atom. The highest BCUT2D eigenvalue weighted by Crippen LogP contribution is 2.31. The first-order chi connectivity index (χ1) is 23.8. The molecule has 0 aliphatic carbocycles. The molecular weight excluding hydrogens is 645 g/mol. The van der Waals surface area contributed by atoms with Crippen LogP contribution in [-0.2, 0) is 27.1 Å². The number of amides is 2. The molecule has 1 atom stereocenters. The van der Waals surface area contributed by atoms with Crippen LogP contribution in [0.5, 0.6) is 0 Å². The van der Waals surface area contributed by atoms with Gasteiger partial charge in [0.2, 0.25) is 0 Å². The Hall–Kier alpha value is -5.12. The fraction of sp³-hybridized carbons (Fsp3) is 0.325. The maximum absolute atomic E-state index is 13.9. The summed E-state index contributed by atoms with van der Waals surface area (Å²) >= 11 is 0. The summed E-state index contributed by atoms with van der Waals surface area (Å²) < 4.78 is 50.2. The second-order valence-corrected chi connectivity index (χ2v) is 13.3. The van der Waals surface area contributed by atoms with Crippen molar-refractivity contribution in [1.82, 2.24) is 9.80 Å². The Morgan fingerprint density at radius 3 is 1.92 bits per heavy atom. The first kappa shape index (κ1) is 36.2. The maximum atomic E-state index is 13.9. The molecule has 1 aliphatic rings. The minimum absolute atomic E-state index is 0.0589. The van der Waals surface area contributed by atoms with E-state index in [9.17, 15) is 27.6 Å². The van der Waals surface area contributed by atoms with Crippen LogP contribution in [-0.4, -0.2) is 59.0 Å². The van der Waals surface area contributed by atoms with E-state index in [2.05, 4.69) is 0 Å². The molecule has 1 saturated heterocycles. The van der Waals surface area contributed by atoms with Gasteiger partial charge in [0.05, 0.1) is 18.0 Å². The second-order valence-electron chi connectivity index (χ2n) is 13.3. The SMILES string of the molecule is CC(C)(C)OC(=O)N1CCC[C@H]1CN(CCC(=O)OCc1ccc(-c2ccccc2)cc1)C(=O)c1ccc(-c2ccc(C(F)(F)F)cc2)cc1. The predicted molar refractivity (Wildman–Crippen MR) is 185 cm³/mol. The van der Waals surface area contributed by atoms with Gasteiger partial charge in [-0.15, -0.1) is 0 Å². The number of rotatable bonds is 10. The van der Waals surface area contributed by atoms with E-state index in [-0.39, 0.29) is 38.1 Å². The average molecular weight is 687 g/mol. The van der Waals surface area contributed by atoms with E-state index in [0.29, 0.717) is 29.7 Å². The molecule has 7 nitrogen and oxygen atoms in total. The highest BCUT2D eigenvalue weighted by Gasteiger charge is 2.35. The summed E-state index contributed by atoms with van der Waals surface area (Å²) in [5.41, 5.74) is 3.11. The molecule has 0 saturated carbocycles. The van der Waals surface area contributed by atoms with Crippen molar-refractivity contribution in [3.63, 3.8) is 0 Å². The zero-order valence-corrected chi connectivity index (χ0v) is 28.4. The summed E-state index contributed by atoms with van der Waals surface area (Å²) in [4.78, 5) is 43.0. The molecule has 4 aromatic carbocycles. The first-order valence-electron chi connectivity index (χ1n) is 16.6. The minimum Gasteiger partial charge on any atom is -0.461 e. The number of hydrogen-bond donors (Lipinski definition) is 0. The Balaban J connectivity index is 1.26. The molecule has 50 heavy (non-hydrogen) atoms. The molecule has 0 unspecified atom stereocenters. The number of halogens is 3. The Bertz CT molecular complexity index is 1750. The Labute approximate surface area is 290 Å². The number of esters is 1. The third kappa shape index (κ3) is 9.74. The van der Waals surface area contributed by atoms with Crippen LogP contribution < -0.4 is 0 Å². The molecule has 0 N–H and O–H groups in total. The van der Waals surface area contributed by atoms with Crippen molar-refractivity contribution in [3.8, 4) is 22.3 Å². The number of likely N-dealkylation sites (tertiary alicyclic amines) is 1. The van der Waals surface area contributed by atoms with Crippen LogP contribution in [0.2, 0.25) is 0 Å². The average Bonchev–Trinajstić information content (AvgIpc) is 3.57. The molecule has 1 fully saturated rings. The van der Waals surface area contributed by atoms with Crippen molar-refractivity contribution in [2.75, 3.05) is 19.6 Å². The zero-order chi connectivity index (χ0) is 35.9. The normalized spacial score (nSPS) is 14.7. The van der Waals surface area contributed by atoms with Crippen molar-refractivity contribution in [2.45, 2.75) is 64.5 Å². The van der Waals surface area contributed by atoms with Crippen LogP contribution in [0.1, 0.15) is 61.5 Å². The number of alkyl halides is 3. The third-order valence-corrected chi connectivity index (χ3v) is 8.45. The van der Waals surface area contributed by atoms with Gasteiger partial charge in [0.1, 0.15) is 12.2 Å². The molecule has 10 heteroatoms. The maximum Gasteiger partial charge on any atom is 0.416 e. The van der Waals surface area contributed by atoms with E-state index in [0.717, 1.165) is 35.2 Å². The molecule has 1 aliphatic heterocycles. The standard InChI is InChI=1S/C40H41F3N2O5/c1-39(2,3)50-38(48)45-24-7-10-35(45)26-44(25-23-36(46)49-27-28-11-13-30(14-12-28)29-8-5-4-6-9-29)37(47)33-17-15-31(16-18-33)32-19-21-34(22-20-32)40(41,42)43/h4-6,8-9,11-22,35H,7,10,23-27H2,1-3H3/t35-/m0/s1. The van der Waals surface area contributed by atoms with Crippen molar-refractivity contribution < 1.29 is 37.0 Å². The summed E-state index contributed by atoms with van der Waals surface area (Å²) in [7, 11) is 0. The lowest BCUT2D eigenvalue weighted by Crippen LogP contribution is -2.47. The first-order valence-corrected chi connectivity index (χ1v) is 16.6. The zero-order valence-electron chi connectivity index (χ0n) is 28.4. The van der Waals surface area contributed by atoms with E-state index >= 15 is 0 Å². The number of carbonyl (C=O) groups excluding carboxylic acids is 3. The Kier molecular flexibility index (Phi) is 11.3. The molecule has 0 bridgehead atoms. The largest absolute Gasteiger partial charge is 0.461 e. The fourth-order valence-electron chi connectivity index (χ4n) is 5.84. The summed E-state index contributed by atoms with van der Waals surface area (Å²) in [5.74, 6) is -0.813. The van der Waals surface area contributed by atoms with Gasteiger partial charge in [-0.25, -0.2) is 4.79 Å². The van der Waals surface area contributed by atoms with Crippen LogP contribution in [0.4, 0.5) is 18.0 Å². The van der Waals surface area contributed by atoms with Gasteiger partial charge >= 0.3 is 18.2 Å². The molecule has 0 spiro atoms. The van der Waals surface area contributed by atoms with Crippen LogP contribution in [0, 0.1) is 0 Å². The monoisotopic (exact) mass is 686 g/mol. The number of carbonyl (C=O) groups is 3. The van der Waals surface area contributed by atoms with Gasteiger partial charge in [-0.2, -0.15) is 13.2 Å². The van der Waals surface area contributed by atoms with Gasteiger partial charge in [0, 0.05) is 25.2 Å². The van der Waals surface area contributed by atoms with Crippen molar-refractivity contribution in [2.24, 2.45) is 0 Å². The Morgan fingerprint density at radius 2 is 1.34 bits per heavy atom. The summed E-state index contributed by atoms with van der Waals surface area (Å²) in [6, 6.07) is 28.8. The molecule has 262 valence electrons. The minimum atomic E-state index is -4.43. The molecule has 5 rings (SSSR count). The molecule has 1 heterocycles. The number of benzene rings is 4. The van der Waals surface area contributed by atoms with Gasteiger partial charge in [-0.05, 0) is 85.7 Å². The lowest BCUT2D eigenvalue weighted by molar-refractivity contribution is -0.145. The van der Waals surface area contributed by atoms with E-state index < -0.39 is 29.4 Å². The van der Waals surface area contributed by atoms with Crippen LogP contribution in [0.25, 0.3) is 22.3 Å². The van der Waals surface area contributed by atoms with Crippen LogP contribution in [0.15, 0.2) is 103 Å². The van der Waals surface area contributed by atoms with E-state index in [1.54, 1.807) is 54.8 Å². The fourth-order valence-corrected chi connectivity index (χ4v) is 5.84. The van der Waals surface area contributed by atoms with E-state index in [4.69, 9.17) is 9.47 Å². The highest BCUT2D eigenvalue weighted by molar-refractivity contribution is 5.95. The predicted octanol–water partition coefficient (Wildman–Crippen LogP) is 9.01. The van der Waals surface area contributed by atoms with Crippen molar-refractivity contribution >= 4 is 18.0 Å². The van der Waals surface area contributed by atoms with Gasteiger partial charge < -0.3 is 19.3 Å². The summed E-state index contributed by atoms with van der Waals surface area (Å²) in [6.45, 7) is 6.21. The highest BCUT2D eigenvalue weighted by atomic mass is 19.4. The van der Waals surface area contributed by atoms with Gasteiger partial charge in [0.25, 0.3) is 5.91 Å². The van der Waals surface area contributed by atoms with Gasteiger partial charge in [0.15, 0.2) is 0 Å². The van der Waals surface area contributed by atoms with Crippen LogP contribution in [0.3, 0.4) is 0 Å². The second kappa shape index (κ2) is 15.6. The quantitative estimate of drug-likeness (QED) is 0.156. The lowest BCUT2D eigenvalue weighted by Gasteiger charge is -2.32. The summed E-state index contributed by atoms with van der Waals surface area (Å²) in [5, 5.41) is 0. The van der Waals surface area contributed by atoms with E-state index in [1.165, 1.54) is 12.1 Å². The smallest absolute Gasteiger partial charge is 0.416 e. The van der Waals surface area contributed by atoms with Crippen LogP contribution >= 0.6 is 0 Å². The molecule has 0 aromatic heterocycles. The van der Waals surface area contributed by atoms with Gasteiger partial charge in [-0.3, -0.25) is 9.59 Å². The lowest BCUT2D eigenvalue weighted by atomic mass is 10.0. The molecular formula is C40H41F3N2O5. The van der Waals surface area contributed by atoms with E-state index in [1.807, 2.05) is 54.6 Å². The number of hydrogen-bond acceptors (Lipinski definition) is 5. The number of nitrogens with zero attached hydrogens (tertiary/aromatic N) is 2. The van der Waals surface area contributed by atoms with Gasteiger partial charge in [-0.1, -0.05) is 78.9 Å². The number of ether oxygens (including phenoxy) is 2. The topological polar surface area (TPSA) is 76.2 Å². The molecule has 4 aromatic rings. The summed E-state index contributed by atoms with van der Waals surface area (Å²) in [6.07, 6.45) is -3.53. The van der Waals surface area contributed by atoms with Crippen molar-refractivity contribution in [3.05, 3.63) is 120 Å². The van der Waals surface area contributed by atoms with Crippen molar-refractivity contribution in [1.29, 1.82) is 0 Å². The third-order valence-electron chi connectivity index (χ3n) is 8.45. The molecule has 2 amide bonds. The molecule has 0 radical (unpaired) electrons.